The van der Waals surface area contributed by atoms with Gasteiger partial charge in [-0.15, -0.1) is 0 Å². The van der Waals surface area contributed by atoms with E-state index < -0.39 is 20.8 Å². The van der Waals surface area contributed by atoms with Crippen LogP contribution in [0.4, 0.5) is 0 Å². The molecule has 0 atom stereocenters. The standard InChI is InChI=1S/C13H16.2ClH.Zr/c1-10(2)7-11-8-12-5-3-4-6-13(12)9-11;;;/h3-6,8,10H,7,9H2,1-2H3;2*1H;/q;;;+2/p-2. The molecular formula is C13H16Cl2Zr. The Balaban J connectivity index is 0.000000386. The van der Waals surface area contributed by atoms with Crippen molar-refractivity contribution in [2.75, 3.05) is 0 Å². The van der Waals surface area contributed by atoms with Gasteiger partial charge in [-0.1, -0.05) is 49.8 Å². The third-order valence-corrected chi connectivity index (χ3v) is 2.50. The molecule has 1 aromatic rings. The van der Waals surface area contributed by atoms with Crippen LogP contribution in [0.5, 0.6) is 0 Å². The number of hydrogen-bond donors (Lipinski definition) is 0. The molecule has 86 valence electrons. The average molecular weight is 334 g/mol. The van der Waals surface area contributed by atoms with Gasteiger partial charge in [-0.05, 0) is 29.9 Å². The van der Waals surface area contributed by atoms with Crippen LogP contribution in [0.2, 0.25) is 0 Å². The third kappa shape index (κ3) is 4.74. The van der Waals surface area contributed by atoms with Crippen molar-refractivity contribution in [3.63, 3.8) is 0 Å². The Bertz CT molecular complexity index is 359. The van der Waals surface area contributed by atoms with Gasteiger partial charge < -0.3 is 0 Å². The second-order valence-corrected chi connectivity index (χ2v) is 8.08. The molecule has 16 heavy (non-hydrogen) atoms. The van der Waals surface area contributed by atoms with Crippen LogP contribution in [0, 0.1) is 5.92 Å². The van der Waals surface area contributed by atoms with E-state index in [2.05, 4.69) is 44.2 Å². The fourth-order valence-electron chi connectivity index (χ4n) is 2.01. The molecule has 0 nitrogen and oxygen atoms in total. The van der Waals surface area contributed by atoms with Crippen molar-refractivity contribution in [1.29, 1.82) is 0 Å². The first-order chi connectivity index (χ1) is 7.67. The first-order valence-corrected chi connectivity index (χ1v) is 11.7. The topological polar surface area (TPSA) is 0 Å². The van der Waals surface area contributed by atoms with Gasteiger partial charge in [-0.2, -0.15) is 0 Å². The van der Waals surface area contributed by atoms with Gasteiger partial charge in [0.25, 0.3) is 0 Å². The summed E-state index contributed by atoms with van der Waals surface area (Å²) < 4.78 is 0. The molecule has 0 aromatic heterocycles. The Kier molecular flexibility index (Phi) is 6.96. The maximum atomic E-state index is 4.93. The molecule has 0 fully saturated rings. The first kappa shape index (κ1) is 14.5. The number of fused-ring (bicyclic) bond motifs is 1. The summed E-state index contributed by atoms with van der Waals surface area (Å²) in [5, 5.41) is 0. The summed E-state index contributed by atoms with van der Waals surface area (Å²) in [6.45, 7) is 4.56. The van der Waals surface area contributed by atoms with Gasteiger partial charge >= 0.3 is 37.9 Å². The zero-order valence-corrected chi connectivity index (χ0v) is 13.6. The second kappa shape index (κ2) is 7.69. The van der Waals surface area contributed by atoms with Crippen LogP contribution in [0.1, 0.15) is 31.4 Å². The van der Waals surface area contributed by atoms with Crippen molar-refractivity contribution in [2.45, 2.75) is 26.7 Å². The molecule has 0 saturated carbocycles. The molecule has 2 rings (SSSR count). The predicted octanol–water partition coefficient (Wildman–Crippen LogP) is 5.05. The number of rotatable bonds is 2. The van der Waals surface area contributed by atoms with Gasteiger partial charge in [0, 0.05) is 0 Å². The number of benzene rings is 1. The molecule has 0 unspecified atom stereocenters. The number of allylic oxidation sites excluding steroid dienone is 1. The summed E-state index contributed by atoms with van der Waals surface area (Å²) in [6.07, 6.45) is 4.78. The molecule has 0 N–H and O–H groups in total. The monoisotopic (exact) mass is 332 g/mol. The Labute approximate surface area is 117 Å². The van der Waals surface area contributed by atoms with E-state index in [1.807, 2.05) is 0 Å². The molecule has 1 aliphatic carbocycles. The molecule has 3 heteroatoms. The summed E-state index contributed by atoms with van der Waals surface area (Å²) in [6, 6.07) is 8.69. The Morgan fingerprint density at radius 1 is 1.25 bits per heavy atom. The Morgan fingerprint density at radius 3 is 2.44 bits per heavy atom. The number of hydrogen-bond acceptors (Lipinski definition) is 0. The Hall–Kier alpha value is 0.423. The molecule has 1 aliphatic rings. The predicted molar refractivity (Wildman–Crippen MR) is 69.3 cm³/mol. The third-order valence-electron chi connectivity index (χ3n) is 2.50. The van der Waals surface area contributed by atoms with Crippen molar-refractivity contribution in [1.82, 2.24) is 0 Å². The van der Waals surface area contributed by atoms with Gasteiger partial charge in [0.15, 0.2) is 0 Å². The van der Waals surface area contributed by atoms with E-state index in [9.17, 15) is 0 Å². The normalized spacial score (nSPS) is 12.7. The van der Waals surface area contributed by atoms with Crippen molar-refractivity contribution >= 4 is 23.1 Å². The zero-order chi connectivity index (χ0) is 12.0. The van der Waals surface area contributed by atoms with Gasteiger partial charge in [0.1, 0.15) is 0 Å². The molecule has 0 bridgehead atoms. The summed E-state index contributed by atoms with van der Waals surface area (Å²) in [7, 11) is 9.87. The molecule has 0 saturated heterocycles. The number of halogens is 2. The van der Waals surface area contributed by atoms with Crippen LogP contribution in [0.25, 0.3) is 6.08 Å². The van der Waals surface area contributed by atoms with E-state index in [0.717, 1.165) is 5.92 Å². The second-order valence-electron chi connectivity index (χ2n) is 4.35. The Morgan fingerprint density at radius 2 is 1.88 bits per heavy atom. The van der Waals surface area contributed by atoms with Crippen LogP contribution < -0.4 is 0 Å². The molecule has 0 radical (unpaired) electrons. The summed E-state index contributed by atoms with van der Waals surface area (Å²) in [4.78, 5) is 0. The fourth-order valence-corrected chi connectivity index (χ4v) is 2.01. The van der Waals surface area contributed by atoms with Crippen LogP contribution in [0.15, 0.2) is 29.8 Å². The zero-order valence-electron chi connectivity index (χ0n) is 9.63. The van der Waals surface area contributed by atoms with E-state index in [4.69, 9.17) is 17.0 Å². The molecular weight excluding hydrogens is 318 g/mol. The van der Waals surface area contributed by atoms with Crippen molar-refractivity contribution in [3.05, 3.63) is 41.0 Å². The van der Waals surface area contributed by atoms with Gasteiger partial charge in [-0.3, -0.25) is 0 Å². The quantitative estimate of drug-likeness (QED) is 0.710. The maximum absolute atomic E-state index is 4.93. The molecule has 0 heterocycles. The minimum absolute atomic E-state index is 0.778. The van der Waals surface area contributed by atoms with Crippen LogP contribution in [-0.2, 0) is 27.3 Å². The van der Waals surface area contributed by atoms with Crippen LogP contribution in [-0.4, -0.2) is 0 Å². The van der Waals surface area contributed by atoms with Crippen LogP contribution >= 0.6 is 17.0 Å². The van der Waals surface area contributed by atoms with E-state index in [-0.39, 0.29) is 0 Å². The van der Waals surface area contributed by atoms with E-state index in [1.165, 1.54) is 24.0 Å². The summed E-state index contributed by atoms with van der Waals surface area (Å²) in [5.41, 5.74) is 4.52. The van der Waals surface area contributed by atoms with Crippen molar-refractivity contribution in [2.24, 2.45) is 5.92 Å². The van der Waals surface area contributed by atoms with Gasteiger partial charge in [0.2, 0.25) is 0 Å². The van der Waals surface area contributed by atoms with E-state index in [0.29, 0.717) is 0 Å². The van der Waals surface area contributed by atoms with Crippen molar-refractivity contribution in [3.8, 4) is 0 Å². The molecule has 0 amide bonds. The minimum atomic E-state index is -0.826. The van der Waals surface area contributed by atoms with Crippen LogP contribution in [0.3, 0.4) is 0 Å². The van der Waals surface area contributed by atoms with Gasteiger partial charge in [-0.25, -0.2) is 0 Å². The van der Waals surface area contributed by atoms with Crippen molar-refractivity contribution < 1.29 is 20.8 Å². The van der Waals surface area contributed by atoms with E-state index >= 15 is 0 Å². The summed E-state index contributed by atoms with van der Waals surface area (Å²) in [5.74, 6) is 0.778. The summed E-state index contributed by atoms with van der Waals surface area (Å²) >= 11 is -0.826. The van der Waals surface area contributed by atoms with E-state index in [1.54, 1.807) is 5.57 Å². The average Bonchev–Trinajstić information content (AvgIpc) is 2.59. The SMILES string of the molecule is CC(C)CC1=Cc2ccccc2C1.[Cl][Zr][Cl]. The molecule has 0 spiro atoms. The molecule has 0 aliphatic heterocycles. The van der Waals surface area contributed by atoms with Gasteiger partial charge in [0.05, 0.1) is 0 Å². The fraction of sp³-hybridized carbons (Fsp3) is 0.385. The molecule has 1 aromatic carbocycles. The first-order valence-electron chi connectivity index (χ1n) is 5.41.